The molecule has 8 nitrogen and oxygen atoms in total. The number of carbonyl (C=O) groups excluding carboxylic acids is 1. The molecule has 4 aromatic rings. The van der Waals surface area contributed by atoms with Gasteiger partial charge in [-0.25, -0.2) is 4.39 Å². The fourth-order valence-electron chi connectivity index (χ4n) is 5.46. The van der Waals surface area contributed by atoms with Crippen molar-refractivity contribution in [1.29, 1.82) is 0 Å². The minimum Gasteiger partial charge on any atom is -1.00 e. The molecule has 0 aliphatic heterocycles. The molecule has 2 aromatic carbocycles. The van der Waals surface area contributed by atoms with Crippen molar-refractivity contribution in [3.05, 3.63) is 102 Å². The van der Waals surface area contributed by atoms with Crippen molar-refractivity contribution in [2.24, 2.45) is 0 Å². The van der Waals surface area contributed by atoms with Crippen LogP contribution >= 0.6 is 0 Å². The number of carboxylic acid groups (broad SMARTS) is 1. The molecule has 0 saturated carbocycles. The van der Waals surface area contributed by atoms with E-state index in [1.54, 1.807) is 24.5 Å². The number of aliphatic hydroxyl groups is 2. The normalized spacial score (nSPS) is 12.4. The Morgan fingerprint density at radius 1 is 0.932 bits per heavy atom. The Hall–Kier alpha value is -3.34. The van der Waals surface area contributed by atoms with Gasteiger partial charge >= 0.3 is 35.5 Å². The molecule has 4 rings (SSSR count). The van der Waals surface area contributed by atoms with Crippen molar-refractivity contribution >= 4 is 11.9 Å². The molecular weight excluding hydrogens is 572 g/mol. The van der Waals surface area contributed by atoms with Gasteiger partial charge in [0.2, 0.25) is 0 Å². The van der Waals surface area contributed by atoms with Gasteiger partial charge in [0.15, 0.2) is 0 Å². The third-order valence-electron chi connectivity index (χ3n) is 7.32. The van der Waals surface area contributed by atoms with E-state index >= 15 is 0 Å². The summed E-state index contributed by atoms with van der Waals surface area (Å²) in [6.07, 6.45) is 1.92. The van der Waals surface area contributed by atoms with Crippen LogP contribution in [0.3, 0.4) is 0 Å². The smallest absolute Gasteiger partial charge is 1.00 e. The number of rotatable bonds is 14. The molecule has 0 aliphatic rings. The predicted octanol–water partition coefficient (Wildman–Crippen LogP) is 2.55. The third kappa shape index (κ3) is 9.09. The van der Waals surface area contributed by atoms with Gasteiger partial charge in [0.1, 0.15) is 11.5 Å². The summed E-state index contributed by atoms with van der Waals surface area (Å²) in [5, 5.41) is 32.9. The number of benzene rings is 2. The molecule has 0 saturated heterocycles. The molecule has 0 bridgehead atoms. The van der Waals surface area contributed by atoms with Gasteiger partial charge in [0.25, 0.3) is 5.91 Å². The van der Waals surface area contributed by atoms with E-state index in [0.717, 1.165) is 27.9 Å². The summed E-state index contributed by atoms with van der Waals surface area (Å²) >= 11 is 0. The number of nitrogens with one attached hydrogen (secondary N) is 1. The molecule has 0 radical (unpaired) electrons. The quantitative estimate of drug-likeness (QED) is 0.163. The van der Waals surface area contributed by atoms with Crippen LogP contribution in [0.25, 0.3) is 22.3 Å². The van der Waals surface area contributed by atoms with E-state index in [-0.39, 0.29) is 61.6 Å². The summed E-state index contributed by atoms with van der Waals surface area (Å²) in [6.45, 7) is 4.35. The van der Waals surface area contributed by atoms with Crippen molar-refractivity contribution in [3.8, 4) is 22.3 Å². The van der Waals surface area contributed by atoms with Crippen molar-refractivity contribution in [2.75, 3.05) is 6.54 Å². The van der Waals surface area contributed by atoms with E-state index < -0.39 is 24.6 Å². The number of amides is 1. The van der Waals surface area contributed by atoms with Gasteiger partial charge in [-0.1, -0.05) is 48.5 Å². The first-order valence-electron chi connectivity index (χ1n) is 14.5. The van der Waals surface area contributed by atoms with Crippen LogP contribution in [0.15, 0.2) is 79.1 Å². The fraction of sp³-hybridized carbons (Fsp3) is 0.324. The van der Waals surface area contributed by atoms with Crippen LogP contribution in [-0.4, -0.2) is 55.5 Å². The predicted molar refractivity (Wildman–Crippen MR) is 164 cm³/mol. The van der Waals surface area contributed by atoms with Gasteiger partial charge in [0.05, 0.1) is 18.6 Å². The SMILES string of the molecule is CC(C)n1c(CC[C@@H](O)C[C@@H](O)CC(=O)O)c(-c2ccc(F)cc2)c(-c2ccccc2)c1C(=O)NCCc1cccnc1.[H-].[Na+]. The van der Waals surface area contributed by atoms with Crippen LogP contribution in [0.4, 0.5) is 4.39 Å². The van der Waals surface area contributed by atoms with Crippen LogP contribution in [0.1, 0.15) is 62.3 Å². The van der Waals surface area contributed by atoms with E-state index in [0.29, 0.717) is 30.6 Å². The molecule has 0 fully saturated rings. The number of aromatic nitrogens is 2. The van der Waals surface area contributed by atoms with Crippen molar-refractivity contribution < 1.29 is 60.3 Å². The summed E-state index contributed by atoms with van der Waals surface area (Å²) in [6, 6.07) is 19.3. The standard InChI is InChI=1S/C34H38FN3O5.Na.H/c1-22(2)38-29(15-14-27(39)19-28(40)20-30(41)42)31(25-10-12-26(35)13-11-25)32(24-8-4-3-5-9-24)33(38)34(43)37-18-16-23-7-6-17-36-21-23;;/h3-13,17,21-22,27-28,39-40H,14-16,18-20H2,1-2H3,(H,37,43)(H,41,42);;/q;+1;-1/t27-,28-;;/m1../s1. The molecule has 1 amide bonds. The number of halogens is 1. The first-order chi connectivity index (χ1) is 20.7. The Morgan fingerprint density at radius 3 is 2.23 bits per heavy atom. The molecule has 0 spiro atoms. The number of hydrogen-bond donors (Lipinski definition) is 4. The van der Waals surface area contributed by atoms with E-state index in [4.69, 9.17) is 5.11 Å². The van der Waals surface area contributed by atoms with Crippen LogP contribution in [0, 0.1) is 5.82 Å². The number of carboxylic acids is 1. The summed E-state index contributed by atoms with van der Waals surface area (Å²) in [4.78, 5) is 29.2. The van der Waals surface area contributed by atoms with Gasteiger partial charge < -0.3 is 26.6 Å². The summed E-state index contributed by atoms with van der Waals surface area (Å²) in [7, 11) is 0. The molecular formula is C34H39FN3NaO5. The largest absolute Gasteiger partial charge is 1.00 e. The molecule has 10 heteroatoms. The zero-order chi connectivity index (χ0) is 30.9. The molecule has 4 N–H and O–H groups in total. The maximum Gasteiger partial charge on any atom is 1.00 e. The molecule has 2 aromatic heterocycles. The minimum absolute atomic E-state index is 0. The zero-order valence-electron chi connectivity index (χ0n) is 26.4. The van der Waals surface area contributed by atoms with Gasteiger partial charge in [-0.05, 0) is 74.4 Å². The Bertz CT molecular complexity index is 1520. The van der Waals surface area contributed by atoms with Gasteiger partial charge in [0, 0.05) is 41.8 Å². The average molecular weight is 612 g/mol. The van der Waals surface area contributed by atoms with Crippen molar-refractivity contribution in [1.82, 2.24) is 14.9 Å². The summed E-state index contributed by atoms with van der Waals surface area (Å²) < 4.78 is 16.0. The van der Waals surface area contributed by atoms with E-state index in [1.807, 2.05) is 60.9 Å². The summed E-state index contributed by atoms with van der Waals surface area (Å²) in [5.74, 6) is -1.78. The van der Waals surface area contributed by atoms with Crippen molar-refractivity contribution in [3.63, 3.8) is 0 Å². The Balaban J connectivity index is 0.00000353. The van der Waals surface area contributed by atoms with Gasteiger partial charge in [-0.2, -0.15) is 0 Å². The van der Waals surface area contributed by atoms with Crippen LogP contribution < -0.4 is 34.9 Å². The average Bonchev–Trinajstić information content (AvgIpc) is 3.32. The Morgan fingerprint density at radius 2 is 1.61 bits per heavy atom. The van der Waals surface area contributed by atoms with Crippen molar-refractivity contribution in [2.45, 2.75) is 64.2 Å². The number of aliphatic carboxylic acids is 1. The number of aliphatic hydroxyl groups excluding tert-OH is 2. The van der Waals surface area contributed by atoms with Crippen LogP contribution in [0.2, 0.25) is 0 Å². The second-order valence-electron chi connectivity index (χ2n) is 10.9. The van der Waals surface area contributed by atoms with Gasteiger partial charge in [-0.3, -0.25) is 14.6 Å². The topological polar surface area (TPSA) is 125 Å². The molecule has 44 heavy (non-hydrogen) atoms. The maximum atomic E-state index is 14.0. The van der Waals surface area contributed by atoms with Crippen LogP contribution in [-0.2, 0) is 17.6 Å². The first-order valence-corrected chi connectivity index (χ1v) is 14.5. The Labute approximate surface area is 280 Å². The van der Waals surface area contributed by atoms with Gasteiger partial charge in [-0.15, -0.1) is 0 Å². The minimum atomic E-state index is -1.18. The molecule has 228 valence electrons. The first kappa shape index (κ1) is 35.1. The molecule has 2 atom stereocenters. The summed E-state index contributed by atoms with van der Waals surface area (Å²) in [5.41, 5.74) is 5.24. The number of nitrogens with zero attached hydrogens (tertiary/aromatic N) is 2. The second-order valence-corrected chi connectivity index (χ2v) is 10.9. The van der Waals surface area contributed by atoms with E-state index in [2.05, 4.69) is 10.3 Å². The van der Waals surface area contributed by atoms with E-state index in [1.165, 1.54) is 12.1 Å². The fourth-order valence-corrected chi connectivity index (χ4v) is 5.46. The molecule has 0 unspecified atom stereocenters. The number of carbonyl (C=O) groups is 2. The second kappa shape index (κ2) is 16.7. The third-order valence-corrected chi connectivity index (χ3v) is 7.32. The number of hydrogen-bond acceptors (Lipinski definition) is 5. The van der Waals surface area contributed by atoms with Crippen LogP contribution in [0.5, 0.6) is 0 Å². The zero-order valence-corrected chi connectivity index (χ0v) is 27.4. The maximum absolute atomic E-state index is 14.0. The van der Waals surface area contributed by atoms with E-state index in [9.17, 15) is 24.2 Å². The molecule has 0 aliphatic carbocycles. The monoisotopic (exact) mass is 611 g/mol. The number of pyridine rings is 1. The Kier molecular flexibility index (Phi) is 13.3. The molecule has 2 heterocycles.